The molecule has 0 saturated heterocycles. The molecule has 0 aliphatic rings. The Balaban J connectivity index is 0.000000143. The average Bonchev–Trinajstić information content (AvgIpc) is 0.740. The Morgan fingerprint density at radius 2 is 0.541 bits per heavy atom. The van der Waals surface area contributed by atoms with Gasteiger partial charge >= 0.3 is 0 Å². The minimum absolute atomic E-state index is 0.855. The first kappa shape index (κ1) is 57.4. The second kappa shape index (κ2) is 24.6. The van der Waals surface area contributed by atoms with Crippen molar-refractivity contribution in [3.05, 3.63) is 340 Å². The van der Waals surface area contributed by atoms with E-state index >= 15 is 0 Å². The van der Waals surface area contributed by atoms with Gasteiger partial charge in [-0.15, -0.1) is 0 Å². The molecule has 0 aliphatic carbocycles. The molecule has 98 heavy (non-hydrogen) atoms. The maximum atomic E-state index is 5.31. The number of pyridine rings is 8. The smallest absolute Gasteiger partial charge is 0.0978 e. The minimum atomic E-state index is 0.855. The molecule has 11 aromatic carbocycles. The SMILES string of the molecule is c1ccc(-c2cc(-c3ccc(-c4ccc5ccc6c(-c7cccc8ccccc78)c7ccccc7nc6c5n4)cc3)cc(-c3ccccn3)c2)nc1.c1ccc(-c2cccc(-c3ccc(-c4ccc5ccc6c(-c7cccc8ccccc78)c7ccccc7nc6c5n4)cc3)n2)nc1. The predicted molar refractivity (Wildman–Crippen MR) is 404 cm³/mol. The summed E-state index contributed by atoms with van der Waals surface area (Å²) in [7, 11) is 0. The summed E-state index contributed by atoms with van der Waals surface area (Å²) in [5.41, 5.74) is 24.0. The molecule has 8 nitrogen and oxygen atoms in total. The Morgan fingerprint density at radius 3 is 1.02 bits per heavy atom. The monoisotopic (exact) mass is 1250 g/mol. The Hall–Kier alpha value is -13.3. The molecule has 19 rings (SSSR count). The largest absolute Gasteiger partial charge is 0.256 e. The van der Waals surface area contributed by atoms with E-state index in [1.54, 1.807) is 6.20 Å². The highest BCUT2D eigenvalue weighted by molar-refractivity contribution is 6.21. The van der Waals surface area contributed by atoms with Gasteiger partial charge in [0.2, 0.25) is 0 Å². The van der Waals surface area contributed by atoms with E-state index in [0.717, 1.165) is 144 Å². The van der Waals surface area contributed by atoms with Crippen molar-refractivity contribution < 1.29 is 0 Å². The Bertz CT molecular complexity index is 6220. The molecular weight excluding hydrogens is 1190 g/mol. The van der Waals surface area contributed by atoms with Gasteiger partial charge in [0.1, 0.15) is 0 Å². The Labute approximate surface area is 564 Å². The van der Waals surface area contributed by atoms with Crippen molar-refractivity contribution in [1.29, 1.82) is 0 Å². The number of fused-ring (bicyclic) bond motifs is 10. The van der Waals surface area contributed by atoms with Gasteiger partial charge in [0.15, 0.2) is 0 Å². The van der Waals surface area contributed by atoms with Gasteiger partial charge < -0.3 is 0 Å². The summed E-state index contributed by atoms with van der Waals surface area (Å²) < 4.78 is 0. The molecule has 8 heteroatoms. The van der Waals surface area contributed by atoms with Gasteiger partial charge in [0, 0.05) is 89.9 Å². The standard InChI is InChI=1S/C48H30N4.C42H26N4/c1-2-12-38-32(10-1)11-9-14-39(38)46-40-13-3-4-17-45(40)52-48-41(46)24-22-34-23-25-44(51-47(34)48)33-20-18-31(19-21-33)35-28-36(42-15-5-7-26-49-42)30-37(29-35)43-16-6-8-27-50-43;1-2-11-31-27(9-1)10-7-13-32(31)40-33-12-3-4-14-37(33)46-42-34(40)24-22-30-23-25-36(45-41(30)42)29-20-18-28(19-21-29)35-16-8-17-39(44-35)38-15-5-6-26-43-38/h1-30H;1-26H. The number of hydrogen-bond acceptors (Lipinski definition) is 8. The quantitative estimate of drug-likeness (QED) is 0.104. The predicted octanol–water partition coefficient (Wildman–Crippen LogP) is 22.8. The van der Waals surface area contributed by atoms with Gasteiger partial charge in [-0.25, -0.2) is 24.9 Å². The second-order valence-corrected chi connectivity index (χ2v) is 24.5. The van der Waals surface area contributed by atoms with Gasteiger partial charge in [0.05, 0.1) is 73.0 Å². The lowest BCUT2D eigenvalue weighted by Crippen LogP contribution is -1.94. The van der Waals surface area contributed by atoms with Crippen LogP contribution in [-0.4, -0.2) is 39.9 Å². The van der Waals surface area contributed by atoms with Crippen molar-refractivity contribution in [3.63, 3.8) is 0 Å². The van der Waals surface area contributed by atoms with Crippen LogP contribution in [0.5, 0.6) is 0 Å². The second-order valence-electron chi connectivity index (χ2n) is 24.5. The third kappa shape index (κ3) is 10.6. The fourth-order valence-electron chi connectivity index (χ4n) is 13.9. The highest BCUT2D eigenvalue weighted by Crippen LogP contribution is 2.43. The molecule has 456 valence electrons. The van der Waals surface area contributed by atoms with E-state index in [-0.39, 0.29) is 0 Å². The molecule has 0 radical (unpaired) electrons. The summed E-state index contributed by atoms with van der Waals surface area (Å²) in [5.74, 6) is 0. The first-order valence-electron chi connectivity index (χ1n) is 32.9. The first-order valence-corrected chi connectivity index (χ1v) is 32.9. The van der Waals surface area contributed by atoms with E-state index in [2.05, 4.69) is 264 Å². The van der Waals surface area contributed by atoms with Crippen LogP contribution in [0, 0.1) is 0 Å². The van der Waals surface area contributed by atoms with E-state index in [9.17, 15) is 0 Å². The van der Waals surface area contributed by atoms with Crippen LogP contribution < -0.4 is 0 Å². The topological polar surface area (TPSA) is 103 Å². The molecule has 0 N–H and O–H groups in total. The molecular formula is C90H56N8. The summed E-state index contributed by atoms with van der Waals surface area (Å²) in [5, 5.41) is 11.5. The van der Waals surface area contributed by atoms with Gasteiger partial charge in [0.25, 0.3) is 0 Å². The van der Waals surface area contributed by atoms with E-state index < -0.39 is 0 Å². The molecule has 0 spiro atoms. The molecule has 0 amide bonds. The van der Waals surface area contributed by atoms with Crippen LogP contribution in [0.2, 0.25) is 0 Å². The maximum Gasteiger partial charge on any atom is 0.0978 e. The zero-order chi connectivity index (χ0) is 64.9. The number of para-hydroxylation sites is 2. The fraction of sp³-hybridized carbons (Fsp3) is 0. The summed E-state index contributed by atoms with van der Waals surface area (Å²) in [6.45, 7) is 0. The number of benzene rings is 11. The molecule has 0 unspecified atom stereocenters. The van der Waals surface area contributed by atoms with Crippen LogP contribution in [0.4, 0.5) is 0 Å². The van der Waals surface area contributed by atoms with Crippen molar-refractivity contribution in [2.45, 2.75) is 0 Å². The first-order chi connectivity index (χ1) is 48.6. The maximum absolute atomic E-state index is 5.31. The highest BCUT2D eigenvalue weighted by atomic mass is 14.8. The van der Waals surface area contributed by atoms with E-state index in [1.807, 2.05) is 85.2 Å². The van der Waals surface area contributed by atoms with Crippen molar-refractivity contribution in [2.24, 2.45) is 0 Å². The summed E-state index contributed by atoms with van der Waals surface area (Å²) >= 11 is 0. The molecule has 8 heterocycles. The van der Waals surface area contributed by atoms with Gasteiger partial charge in [-0.2, -0.15) is 0 Å². The third-order valence-corrected chi connectivity index (χ3v) is 18.7. The van der Waals surface area contributed by atoms with Crippen molar-refractivity contribution in [2.75, 3.05) is 0 Å². The molecule has 0 fully saturated rings. The fourth-order valence-corrected chi connectivity index (χ4v) is 13.9. The van der Waals surface area contributed by atoms with Crippen molar-refractivity contribution >= 4 is 87.0 Å². The zero-order valence-corrected chi connectivity index (χ0v) is 52.9. The Morgan fingerprint density at radius 1 is 0.173 bits per heavy atom. The number of hydrogen-bond donors (Lipinski definition) is 0. The molecule has 8 aromatic heterocycles. The number of rotatable bonds is 9. The van der Waals surface area contributed by atoms with Crippen molar-refractivity contribution in [3.8, 4) is 101 Å². The number of nitrogens with zero attached hydrogens (tertiary/aromatic N) is 8. The molecule has 0 aliphatic heterocycles. The molecule has 0 atom stereocenters. The van der Waals surface area contributed by atoms with Crippen molar-refractivity contribution in [1.82, 2.24) is 39.9 Å². The van der Waals surface area contributed by atoms with Crippen LogP contribution in [0.3, 0.4) is 0 Å². The Kier molecular flexibility index (Phi) is 14.4. The van der Waals surface area contributed by atoms with Gasteiger partial charge in [-0.3, -0.25) is 15.0 Å². The van der Waals surface area contributed by atoms with Gasteiger partial charge in [-0.05, 0) is 135 Å². The molecule has 0 saturated carbocycles. The lowest BCUT2D eigenvalue weighted by molar-refractivity contribution is 1.25. The van der Waals surface area contributed by atoms with Crippen LogP contribution in [-0.2, 0) is 0 Å². The minimum Gasteiger partial charge on any atom is -0.256 e. The van der Waals surface area contributed by atoms with Gasteiger partial charge in [-0.1, -0.05) is 231 Å². The normalized spacial score (nSPS) is 11.5. The van der Waals surface area contributed by atoms with E-state index in [1.165, 1.54) is 43.8 Å². The van der Waals surface area contributed by atoms with Crippen LogP contribution in [0.15, 0.2) is 340 Å². The zero-order valence-electron chi connectivity index (χ0n) is 52.9. The third-order valence-electron chi connectivity index (χ3n) is 18.7. The van der Waals surface area contributed by atoms with Crippen LogP contribution in [0.1, 0.15) is 0 Å². The lowest BCUT2D eigenvalue weighted by atomic mass is 9.91. The van der Waals surface area contributed by atoms with Crippen LogP contribution >= 0.6 is 0 Å². The lowest BCUT2D eigenvalue weighted by Gasteiger charge is -2.15. The number of aromatic nitrogens is 8. The van der Waals surface area contributed by atoms with Crippen LogP contribution in [0.25, 0.3) is 188 Å². The molecule has 0 bridgehead atoms. The van der Waals surface area contributed by atoms with E-state index in [0.29, 0.717) is 0 Å². The molecule has 19 aromatic rings. The van der Waals surface area contributed by atoms with E-state index in [4.69, 9.17) is 24.9 Å². The average molecular weight is 1250 g/mol. The summed E-state index contributed by atoms with van der Waals surface area (Å²) in [6, 6.07) is 112. The highest BCUT2D eigenvalue weighted by Gasteiger charge is 2.20. The summed E-state index contributed by atoms with van der Waals surface area (Å²) in [6.07, 6.45) is 5.46. The summed E-state index contributed by atoms with van der Waals surface area (Å²) in [4.78, 5) is 39.6.